The number of nitrogens with zero attached hydrogens (tertiary/aromatic N) is 1. The van der Waals surface area contributed by atoms with E-state index in [9.17, 15) is 4.79 Å². The van der Waals surface area contributed by atoms with E-state index in [4.69, 9.17) is 10.5 Å². The van der Waals surface area contributed by atoms with E-state index in [2.05, 4.69) is 10.3 Å². The summed E-state index contributed by atoms with van der Waals surface area (Å²) in [5, 5.41) is 3.15. The molecule has 0 bridgehead atoms. The van der Waals surface area contributed by atoms with Gasteiger partial charge in [0.1, 0.15) is 0 Å². The molecule has 20 heavy (non-hydrogen) atoms. The van der Waals surface area contributed by atoms with Crippen LogP contribution in [0.15, 0.2) is 36.4 Å². The Labute approximate surface area is 117 Å². The summed E-state index contributed by atoms with van der Waals surface area (Å²) in [6.45, 7) is 2.42. The lowest BCUT2D eigenvalue weighted by Gasteiger charge is -2.13. The number of carbonyl (C=O) groups excluding carboxylic acids is 1. The second-order valence-corrected chi connectivity index (χ2v) is 4.39. The van der Waals surface area contributed by atoms with Crippen LogP contribution in [-0.4, -0.2) is 18.1 Å². The number of ether oxygens (including phenoxy) is 1. The van der Waals surface area contributed by atoms with Gasteiger partial charge < -0.3 is 15.8 Å². The molecule has 0 unspecified atom stereocenters. The van der Waals surface area contributed by atoms with Gasteiger partial charge in [-0.2, -0.15) is 0 Å². The SMILES string of the molecule is COC(=O)c1cccc(N)c1NCc1cccc(C)n1. The van der Waals surface area contributed by atoms with E-state index in [1.54, 1.807) is 18.2 Å². The first-order chi connectivity index (χ1) is 9.61. The number of pyridine rings is 1. The molecular weight excluding hydrogens is 254 g/mol. The predicted octanol–water partition coefficient (Wildman–Crippen LogP) is 2.37. The van der Waals surface area contributed by atoms with Crippen molar-refractivity contribution in [3.05, 3.63) is 53.3 Å². The molecule has 1 aromatic heterocycles. The lowest BCUT2D eigenvalue weighted by Crippen LogP contribution is -2.11. The molecule has 5 heteroatoms. The molecule has 1 heterocycles. The third-order valence-electron chi connectivity index (χ3n) is 2.89. The molecular formula is C15H17N3O2. The molecule has 0 saturated carbocycles. The number of aryl methyl sites for hydroxylation is 1. The number of para-hydroxylation sites is 1. The highest BCUT2D eigenvalue weighted by atomic mass is 16.5. The predicted molar refractivity (Wildman–Crippen MR) is 78.5 cm³/mol. The van der Waals surface area contributed by atoms with Crippen molar-refractivity contribution in [2.24, 2.45) is 0 Å². The van der Waals surface area contributed by atoms with Crippen molar-refractivity contribution in [2.75, 3.05) is 18.2 Å². The normalized spacial score (nSPS) is 10.1. The second-order valence-electron chi connectivity index (χ2n) is 4.39. The molecule has 0 aliphatic rings. The molecule has 0 saturated heterocycles. The van der Waals surface area contributed by atoms with E-state index in [0.717, 1.165) is 11.4 Å². The van der Waals surface area contributed by atoms with Crippen LogP contribution in [0.5, 0.6) is 0 Å². The van der Waals surface area contributed by atoms with Crippen LogP contribution < -0.4 is 11.1 Å². The molecule has 2 rings (SSSR count). The fourth-order valence-corrected chi connectivity index (χ4v) is 1.92. The van der Waals surface area contributed by atoms with Gasteiger partial charge in [0.05, 0.1) is 36.3 Å². The highest BCUT2D eigenvalue weighted by molar-refractivity contribution is 5.98. The Kier molecular flexibility index (Phi) is 4.20. The first-order valence-electron chi connectivity index (χ1n) is 6.25. The van der Waals surface area contributed by atoms with Crippen molar-refractivity contribution in [3.8, 4) is 0 Å². The smallest absolute Gasteiger partial charge is 0.340 e. The van der Waals surface area contributed by atoms with Gasteiger partial charge in [-0.25, -0.2) is 4.79 Å². The topological polar surface area (TPSA) is 77.2 Å². The van der Waals surface area contributed by atoms with E-state index in [-0.39, 0.29) is 0 Å². The van der Waals surface area contributed by atoms with Gasteiger partial charge in [0.2, 0.25) is 0 Å². The summed E-state index contributed by atoms with van der Waals surface area (Å²) < 4.78 is 4.75. The van der Waals surface area contributed by atoms with E-state index in [1.165, 1.54) is 7.11 Å². The quantitative estimate of drug-likeness (QED) is 0.659. The van der Waals surface area contributed by atoms with Gasteiger partial charge in [0, 0.05) is 5.69 Å². The van der Waals surface area contributed by atoms with Crippen LogP contribution in [-0.2, 0) is 11.3 Å². The van der Waals surface area contributed by atoms with Crippen LogP contribution in [0.1, 0.15) is 21.7 Å². The van der Waals surface area contributed by atoms with E-state index < -0.39 is 5.97 Å². The number of aromatic nitrogens is 1. The van der Waals surface area contributed by atoms with Crippen molar-refractivity contribution in [3.63, 3.8) is 0 Å². The minimum atomic E-state index is -0.419. The maximum Gasteiger partial charge on any atom is 0.340 e. The Morgan fingerprint density at radius 2 is 2.05 bits per heavy atom. The van der Waals surface area contributed by atoms with Crippen molar-refractivity contribution in [1.29, 1.82) is 0 Å². The Morgan fingerprint density at radius 3 is 2.75 bits per heavy atom. The van der Waals surface area contributed by atoms with Crippen LogP contribution in [0, 0.1) is 6.92 Å². The highest BCUT2D eigenvalue weighted by Crippen LogP contribution is 2.24. The lowest BCUT2D eigenvalue weighted by molar-refractivity contribution is 0.0602. The molecule has 1 aromatic carbocycles. The molecule has 0 aliphatic heterocycles. The molecule has 0 fully saturated rings. The maximum atomic E-state index is 11.7. The first-order valence-corrected chi connectivity index (χ1v) is 6.25. The summed E-state index contributed by atoms with van der Waals surface area (Å²) in [4.78, 5) is 16.1. The minimum Gasteiger partial charge on any atom is -0.465 e. The molecule has 5 nitrogen and oxygen atoms in total. The maximum absolute atomic E-state index is 11.7. The third-order valence-corrected chi connectivity index (χ3v) is 2.89. The number of nitrogens with two attached hydrogens (primary N) is 1. The Bertz CT molecular complexity index is 626. The minimum absolute atomic E-state index is 0.417. The number of nitrogen functional groups attached to an aromatic ring is 1. The molecule has 3 N–H and O–H groups in total. The van der Waals surface area contributed by atoms with Gasteiger partial charge in [-0.3, -0.25) is 4.98 Å². The highest BCUT2D eigenvalue weighted by Gasteiger charge is 2.13. The fraction of sp³-hybridized carbons (Fsp3) is 0.200. The molecule has 0 aliphatic carbocycles. The second kappa shape index (κ2) is 6.06. The standard InChI is InChI=1S/C15H17N3O2/c1-10-5-3-6-11(18-10)9-17-14-12(15(19)20-2)7-4-8-13(14)16/h3-8,17H,9,16H2,1-2H3. The Morgan fingerprint density at radius 1 is 1.30 bits per heavy atom. The molecule has 104 valence electrons. The van der Waals surface area contributed by atoms with Gasteiger partial charge in [0.15, 0.2) is 0 Å². The largest absolute Gasteiger partial charge is 0.465 e. The number of hydrogen-bond acceptors (Lipinski definition) is 5. The monoisotopic (exact) mass is 271 g/mol. The average molecular weight is 271 g/mol. The molecule has 0 amide bonds. The van der Waals surface area contributed by atoms with Gasteiger partial charge in [0.25, 0.3) is 0 Å². The molecule has 0 spiro atoms. The number of anilines is 2. The molecule has 0 radical (unpaired) electrons. The zero-order valence-electron chi connectivity index (χ0n) is 11.5. The van der Waals surface area contributed by atoms with Gasteiger partial charge in [-0.05, 0) is 31.2 Å². The number of methoxy groups -OCH3 is 1. The lowest BCUT2D eigenvalue weighted by atomic mass is 10.1. The fourth-order valence-electron chi connectivity index (χ4n) is 1.92. The van der Waals surface area contributed by atoms with E-state index >= 15 is 0 Å². The summed E-state index contributed by atoms with van der Waals surface area (Å²) in [7, 11) is 1.34. The van der Waals surface area contributed by atoms with Crippen molar-refractivity contribution < 1.29 is 9.53 Å². The van der Waals surface area contributed by atoms with Crippen molar-refractivity contribution >= 4 is 17.3 Å². The number of esters is 1. The summed E-state index contributed by atoms with van der Waals surface area (Å²) in [5.74, 6) is -0.419. The van der Waals surface area contributed by atoms with Crippen molar-refractivity contribution in [2.45, 2.75) is 13.5 Å². The number of nitrogens with one attached hydrogen (secondary N) is 1. The Hall–Kier alpha value is -2.56. The molecule has 0 atom stereocenters. The van der Waals surface area contributed by atoms with E-state index in [1.807, 2.05) is 25.1 Å². The van der Waals surface area contributed by atoms with Crippen LogP contribution in [0.25, 0.3) is 0 Å². The van der Waals surface area contributed by atoms with Crippen LogP contribution in [0.4, 0.5) is 11.4 Å². The Balaban J connectivity index is 2.23. The first kappa shape index (κ1) is 13.9. The van der Waals surface area contributed by atoms with Gasteiger partial charge in [-0.15, -0.1) is 0 Å². The summed E-state index contributed by atoms with van der Waals surface area (Å²) in [6, 6.07) is 10.9. The number of rotatable bonds is 4. The number of carbonyl (C=O) groups is 1. The van der Waals surface area contributed by atoms with E-state index in [0.29, 0.717) is 23.5 Å². The molecule has 2 aromatic rings. The summed E-state index contributed by atoms with van der Waals surface area (Å²) >= 11 is 0. The zero-order chi connectivity index (χ0) is 14.5. The van der Waals surface area contributed by atoms with Crippen LogP contribution in [0.2, 0.25) is 0 Å². The van der Waals surface area contributed by atoms with Crippen LogP contribution >= 0.6 is 0 Å². The third kappa shape index (κ3) is 3.06. The van der Waals surface area contributed by atoms with Crippen molar-refractivity contribution in [1.82, 2.24) is 4.98 Å². The summed E-state index contributed by atoms with van der Waals surface area (Å²) in [5.41, 5.74) is 9.23. The van der Waals surface area contributed by atoms with Gasteiger partial charge in [-0.1, -0.05) is 12.1 Å². The average Bonchev–Trinajstić information content (AvgIpc) is 2.45. The zero-order valence-corrected chi connectivity index (χ0v) is 11.5. The number of benzene rings is 1. The summed E-state index contributed by atoms with van der Waals surface area (Å²) in [6.07, 6.45) is 0. The number of hydrogen-bond donors (Lipinski definition) is 2. The van der Waals surface area contributed by atoms with Crippen LogP contribution in [0.3, 0.4) is 0 Å². The van der Waals surface area contributed by atoms with Gasteiger partial charge >= 0.3 is 5.97 Å².